The number of aromatic nitrogens is 1. The summed E-state index contributed by atoms with van der Waals surface area (Å²) >= 11 is 0. The number of rotatable bonds is 5. The molecular formula is C15H18N2O2. The molecule has 0 saturated heterocycles. The molecule has 2 aromatic rings. The molecule has 0 radical (unpaired) electrons. The van der Waals surface area contributed by atoms with E-state index in [2.05, 4.69) is 11.9 Å². The topological polar surface area (TPSA) is 46.3 Å². The lowest BCUT2D eigenvalue weighted by Gasteiger charge is -2.18. The van der Waals surface area contributed by atoms with Crippen LogP contribution in [0.3, 0.4) is 0 Å². The SMILES string of the molecule is CCCCN(C(=O)c1ccccc1)c1nc(C)co1. The highest BCUT2D eigenvalue weighted by Gasteiger charge is 2.21. The predicted molar refractivity (Wildman–Crippen MR) is 74.3 cm³/mol. The molecule has 0 fully saturated rings. The monoisotopic (exact) mass is 258 g/mol. The van der Waals surface area contributed by atoms with Gasteiger partial charge in [0.15, 0.2) is 0 Å². The summed E-state index contributed by atoms with van der Waals surface area (Å²) in [4.78, 5) is 18.3. The lowest BCUT2D eigenvalue weighted by Crippen LogP contribution is -2.32. The van der Waals surface area contributed by atoms with E-state index in [9.17, 15) is 4.79 Å². The van der Waals surface area contributed by atoms with Gasteiger partial charge in [-0.2, -0.15) is 4.98 Å². The first-order valence-electron chi connectivity index (χ1n) is 6.51. The van der Waals surface area contributed by atoms with E-state index in [1.165, 1.54) is 0 Å². The average Bonchev–Trinajstić information content (AvgIpc) is 2.86. The Morgan fingerprint density at radius 1 is 1.32 bits per heavy atom. The van der Waals surface area contributed by atoms with Crippen molar-refractivity contribution in [2.24, 2.45) is 0 Å². The van der Waals surface area contributed by atoms with Crippen molar-refractivity contribution < 1.29 is 9.21 Å². The van der Waals surface area contributed by atoms with Crippen molar-refractivity contribution in [3.05, 3.63) is 47.9 Å². The van der Waals surface area contributed by atoms with Crippen molar-refractivity contribution in [2.45, 2.75) is 26.7 Å². The first-order valence-corrected chi connectivity index (χ1v) is 6.51. The van der Waals surface area contributed by atoms with Gasteiger partial charge in [-0.3, -0.25) is 9.69 Å². The fourth-order valence-electron chi connectivity index (χ4n) is 1.80. The molecule has 19 heavy (non-hydrogen) atoms. The molecule has 0 spiro atoms. The van der Waals surface area contributed by atoms with E-state index in [0.29, 0.717) is 18.1 Å². The Bertz CT molecular complexity index is 534. The van der Waals surface area contributed by atoms with Crippen LogP contribution in [0, 0.1) is 6.92 Å². The largest absolute Gasteiger partial charge is 0.431 e. The van der Waals surface area contributed by atoms with Gasteiger partial charge >= 0.3 is 6.01 Å². The summed E-state index contributed by atoms with van der Waals surface area (Å²) in [6, 6.07) is 9.58. The molecule has 4 nitrogen and oxygen atoms in total. The molecule has 1 heterocycles. The Morgan fingerprint density at radius 3 is 2.63 bits per heavy atom. The third kappa shape index (κ3) is 3.22. The maximum absolute atomic E-state index is 12.5. The summed E-state index contributed by atoms with van der Waals surface area (Å²) in [6.45, 7) is 4.55. The summed E-state index contributed by atoms with van der Waals surface area (Å²) < 4.78 is 5.36. The number of nitrogens with zero attached hydrogens (tertiary/aromatic N) is 2. The summed E-state index contributed by atoms with van der Waals surface area (Å²) in [5.74, 6) is -0.0732. The number of aryl methyl sites for hydroxylation is 1. The first-order chi connectivity index (χ1) is 9.22. The molecule has 0 bridgehead atoms. The van der Waals surface area contributed by atoms with Crippen molar-refractivity contribution >= 4 is 11.9 Å². The first kappa shape index (κ1) is 13.3. The summed E-state index contributed by atoms with van der Waals surface area (Å²) in [6.07, 6.45) is 3.49. The normalized spacial score (nSPS) is 10.4. The lowest BCUT2D eigenvalue weighted by molar-refractivity contribution is 0.0981. The van der Waals surface area contributed by atoms with Gasteiger partial charge in [0, 0.05) is 12.1 Å². The van der Waals surface area contributed by atoms with E-state index in [1.807, 2.05) is 25.1 Å². The molecule has 1 aromatic carbocycles. The minimum absolute atomic E-state index is 0.0732. The quantitative estimate of drug-likeness (QED) is 0.825. The molecule has 0 atom stereocenters. The van der Waals surface area contributed by atoms with Crippen molar-refractivity contribution in [3.8, 4) is 0 Å². The van der Waals surface area contributed by atoms with Crippen LogP contribution in [0.5, 0.6) is 0 Å². The van der Waals surface area contributed by atoms with Gasteiger partial charge < -0.3 is 4.42 Å². The average molecular weight is 258 g/mol. The Hall–Kier alpha value is -2.10. The number of oxazole rings is 1. The number of benzene rings is 1. The number of amides is 1. The molecule has 0 unspecified atom stereocenters. The highest BCUT2D eigenvalue weighted by atomic mass is 16.4. The zero-order valence-electron chi connectivity index (χ0n) is 11.3. The van der Waals surface area contributed by atoms with E-state index < -0.39 is 0 Å². The summed E-state index contributed by atoms with van der Waals surface area (Å²) in [7, 11) is 0. The number of anilines is 1. The van der Waals surface area contributed by atoms with E-state index in [4.69, 9.17) is 4.42 Å². The van der Waals surface area contributed by atoms with Gasteiger partial charge in [-0.1, -0.05) is 31.5 Å². The van der Waals surface area contributed by atoms with E-state index >= 15 is 0 Å². The van der Waals surface area contributed by atoms with Gasteiger partial charge in [-0.25, -0.2) is 0 Å². The molecule has 1 amide bonds. The van der Waals surface area contributed by atoms with Crippen LogP contribution in [0.4, 0.5) is 6.01 Å². The second kappa shape index (κ2) is 6.18. The number of hydrogen-bond donors (Lipinski definition) is 0. The zero-order valence-corrected chi connectivity index (χ0v) is 11.3. The smallest absolute Gasteiger partial charge is 0.304 e. The fraction of sp³-hybridized carbons (Fsp3) is 0.333. The molecule has 0 aliphatic carbocycles. The molecule has 4 heteroatoms. The van der Waals surface area contributed by atoms with Crippen molar-refractivity contribution in [1.82, 2.24) is 4.98 Å². The third-order valence-corrected chi connectivity index (χ3v) is 2.84. The van der Waals surface area contributed by atoms with Crippen LogP contribution in [0.25, 0.3) is 0 Å². The minimum Gasteiger partial charge on any atom is -0.431 e. The van der Waals surface area contributed by atoms with Gasteiger partial charge in [-0.05, 0) is 25.5 Å². The number of carbonyl (C=O) groups is 1. The van der Waals surface area contributed by atoms with E-state index in [0.717, 1.165) is 18.5 Å². The Balaban J connectivity index is 2.25. The van der Waals surface area contributed by atoms with Crippen molar-refractivity contribution in [3.63, 3.8) is 0 Å². The maximum Gasteiger partial charge on any atom is 0.304 e. The second-order valence-corrected chi connectivity index (χ2v) is 4.45. The maximum atomic E-state index is 12.5. The molecule has 2 rings (SSSR count). The van der Waals surface area contributed by atoms with Gasteiger partial charge in [-0.15, -0.1) is 0 Å². The summed E-state index contributed by atoms with van der Waals surface area (Å²) in [5.41, 5.74) is 1.42. The molecule has 0 aliphatic heterocycles. The fourth-order valence-corrected chi connectivity index (χ4v) is 1.80. The molecular weight excluding hydrogens is 240 g/mol. The minimum atomic E-state index is -0.0732. The predicted octanol–water partition coefficient (Wildman–Crippen LogP) is 3.43. The molecule has 0 aliphatic rings. The highest BCUT2D eigenvalue weighted by molar-refractivity contribution is 6.04. The van der Waals surface area contributed by atoms with Crippen LogP contribution >= 0.6 is 0 Å². The van der Waals surface area contributed by atoms with E-state index in [1.54, 1.807) is 23.3 Å². The standard InChI is InChI=1S/C15H18N2O2/c1-3-4-10-17(15-16-12(2)11-19-15)14(18)13-8-6-5-7-9-13/h5-9,11H,3-4,10H2,1-2H3. The van der Waals surface area contributed by atoms with Gasteiger partial charge in [0.25, 0.3) is 5.91 Å². The third-order valence-electron chi connectivity index (χ3n) is 2.84. The molecule has 100 valence electrons. The Morgan fingerprint density at radius 2 is 2.05 bits per heavy atom. The van der Waals surface area contributed by atoms with Gasteiger partial charge in [0.05, 0.1) is 5.69 Å². The van der Waals surface area contributed by atoms with Crippen LogP contribution in [0.1, 0.15) is 35.8 Å². The molecule has 0 saturated carbocycles. The van der Waals surface area contributed by atoms with Crippen molar-refractivity contribution in [1.29, 1.82) is 0 Å². The highest BCUT2D eigenvalue weighted by Crippen LogP contribution is 2.17. The van der Waals surface area contributed by atoms with Crippen LogP contribution < -0.4 is 4.90 Å². The Labute approximate surface area is 113 Å². The number of carbonyl (C=O) groups excluding carboxylic acids is 1. The van der Waals surface area contributed by atoms with E-state index in [-0.39, 0.29) is 5.91 Å². The van der Waals surface area contributed by atoms with Crippen LogP contribution in [0.15, 0.2) is 41.0 Å². The van der Waals surface area contributed by atoms with Crippen molar-refractivity contribution in [2.75, 3.05) is 11.4 Å². The molecule has 1 aromatic heterocycles. The second-order valence-electron chi connectivity index (χ2n) is 4.45. The number of unbranched alkanes of at least 4 members (excludes halogenated alkanes) is 1. The lowest BCUT2D eigenvalue weighted by atomic mass is 10.2. The Kier molecular flexibility index (Phi) is 4.34. The molecule has 0 N–H and O–H groups in total. The van der Waals surface area contributed by atoms with Crippen LogP contribution in [-0.2, 0) is 0 Å². The van der Waals surface area contributed by atoms with Gasteiger partial charge in [0.1, 0.15) is 6.26 Å². The zero-order chi connectivity index (χ0) is 13.7. The number of hydrogen-bond acceptors (Lipinski definition) is 3. The van der Waals surface area contributed by atoms with Crippen LogP contribution in [-0.4, -0.2) is 17.4 Å². The van der Waals surface area contributed by atoms with Gasteiger partial charge in [0.2, 0.25) is 0 Å². The van der Waals surface area contributed by atoms with Crippen LogP contribution in [0.2, 0.25) is 0 Å². The summed E-state index contributed by atoms with van der Waals surface area (Å²) in [5, 5.41) is 0.